The van der Waals surface area contributed by atoms with Crippen LogP contribution in [0.4, 0.5) is 11.4 Å². The first-order valence-corrected chi connectivity index (χ1v) is 7.41. The summed E-state index contributed by atoms with van der Waals surface area (Å²) < 4.78 is 0. The molecule has 0 bridgehead atoms. The first-order valence-electron chi connectivity index (χ1n) is 7.41. The number of carboxylic acid groups (broad SMARTS) is 1. The molecule has 0 unspecified atom stereocenters. The van der Waals surface area contributed by atoms with Crippen molar-refractivity contribution in [1.29, 1.82) is 0 Å². The van der Waals surface area contributed by atoms with Gasteiger partial charge in [0.2, 0.25) is 0 Å². The van der Waals surface area contributed by atoms with Crippen molar-refractivity contribution >= 4 is 17.3 Å². The van der Waals surface area contributed by atoms with Gasteiger partial charge in [-0.3, -0.25) is 0 Å². The van der Waals surface area contributed by atoms with Crippen LogP contribution in [-0.2, 0) is 0 Å². The van der Waals surface area contributed by atoms with Gasteiger partial charge in [0.15, 0.2) is 0 Å². The molecule has 1 fully saturated rings. The van der Waals surface area contributed by atoms with Crippen LogP contribution in [0.5, 0.6) is 0 Å². The Hall–Kier alpha value is -1.75. The first kappa shape index (κ1) is 15.6. The maximum atomic E-state index is 11.3. The number of nitrogen functional groups attached to an aromatic ring is 1. The fourth-order valence-electron chi connectivity index (χ4n) is 2.91. The summed E-state index contributed by atoms with van der Waals surface area (Å²) in [4.78, 5) is 15.8. The molecule has 2 rings (SSSR count). The maximum Gasteiger partial charge on any atom is 0.337 e. The number of nitrogens with two attached hydrogens (primary N) is 1. The summed E-state index contributed by atoms with van der Waals surface area (Å²) in [5.74, 6) is -0.303. The second kappa shape index (κ2) is 6.35. The molecule has 0 aliphatic carbocycles. The maximum absolute atomic E-state index is 11.3. The summed E-state index contributed by atoms with van der Waals surface area (Å²) >= 11 is 0. The highest BCUT2D eigenvalue weighted by molar-refractivity contribution is 5.95. The van der Waals surface area contributed by atoms with E-state index in [4.69, 9.17) is 5.73 Å². The number of aryl methyl sites for hydroxylation is 1. The van der Waals surface area contributed by atoms with Crippen LogP contribution in [0, 0.1) is 12.8 Å². The van der Waals surface area contributed by atoms with Crippen molar-refractivity contribution in [3.63, 3.8) is 0 Å². The van der Waals surface area contributed by atoms with Crippen LogP contribution in [0.3, 0.4) is 0 Å². The highest BCUT2D eigenvalue weighted by Crippen LogP contribution is 2.26. The second-order valence-electron chi connectivity index (χ2n) is 6.16. The van der Waals surface area contributed by atoms with Gasteiger partial charge >= 0.3 is 5.97 Å². The Kier molecular flexibility index (Phi) is 4.73. The van der Waals surface area contributed by atoms with E-state index in [0.717, 1.165) is 30.9 Å². The number of aromatic carboxylic acids is 1. The number of carbonyl (C=O) groups is 1. The summed E-state index contributed by atoms with van der Waals surface area (Å²) in [7, 11) is 4.18. The Labute approximate surface area is 126 Å². The van der Waals surface area contributed by atoms with E-state index in [-0.39, 0.29) is 5.56 Å². The van der Waals surface area contributed by atoms with Gasteiger partial charge < -0.3 is 20.6 Å². The molecular formula is C16H25N3O2. The molecule has 1 aromatic rings. The Balaban J connectivity index is 2.12. The summed E-state index contributed by atoms with van der Waals surface area (Å²) in [6.45, 7) is 5.09. The van der Waals surface area contributed by atoms with Crippen molar-refractivity contribution < 1.29 is 9.90 Å². The lowest BCUT2D eigenvalue weighted by Crippen LogP contribution is -2.35. The average molecular weight is 291 g/mol. The lowest BCUT2D eigenvalue weighted by molar-refractivity contribution is 0.0698. The second-order valence-corrected chi connectivity index (χ2v) is 6.16. The van der Waals surface area contributed by atoms with Gasteiger partial charge in [0, 0.05) is 25.0 Å². The largest absolute Gasteiger partial charge is 0.478 e. The number of hydrogen-bond acceptors (Lipinski definition) is 4. The van der Waals surface area contributed by atoms with Crippen LogP contribution in [0.1, 0.15) is 28.8 Å². The van der Waals surface area contributed by atoms with Crippen molar-refractivity contribution in [2.75, 3.05) is 44.4 Å². The molecule has 0 aromatic heterocycles. The number of carboxylic acids is 1. The van der Waals surface area contributed by atoms with Crippen molar-refractivity contribution in [2.45, 2.75) is 19.8 Å². The molecule has 0 spiro atoms. The van der Waals surface area contributed by atoms with Crippen LogP contribution in [0.15, 0.2) is 12.1 Å². The summed E-state index contributed by atoms with van der Waals surface area (Å²) in [5, 5.41) is 9.24. The fourth-order valence-corrected chi connectivity index (χ4v) is 2.91. The zero-order valence-corrected chi connectivity index (χ0v) is 13.1. The van der Waals surface area contributed by atoms with E-state index in [1.807, 2.05) is 20.0 Å². The van der Waals surface area contributed by atoms with Crippen molar-refractivity contribution in [1.82, 2.24) is 4.90 Å². The third-order valence-corrected chi connectivity index (χ3v) is 4.41. The molecule has 21 heavy (non-hydrogen) atoms. The highest BCUT2D eigenvalue weighted by Gasteiger charge is 2.19. The number of likely N-dealkylation sites (tertiary alicyclic amines) is 1. The molecule has 1 aliphatic rings. The van der Waals surface area contributed by atoms with Crippen LogP contribution in [-0.4, -0.2) is 49.7 Å². The van der Waals surface area contributed by atoms with Gasteiger partial charge in [0.1, 0.15) is 0 Å². The Morgan fingerprint density at radius 3 is 2.62 bits per heavy atom. The smallest absolute Gasteiger partial charge is 0.337 e. The van der Waals surface area contributed by atoms with Gasteiger partial charge in [-0.25, -0.2) is 4.79 Å². The average Bonchev–Trinajstić information content (AvgIpc) is 2.43. The third-order valence-electron chi connectivity index (χ3n) is 4.41. The monoisotopic (exact) mass is 291 g/mol. The van der Waals surface area contributed by atoms with E-state index >= 15 is 0 Å². The zero-order valence-electron chi connectivity index (χ0n) is 13.1. The minimum atomic E-state index is -0.967. The van der Waals surface area contributed by atoms with Gasteiger partial charge in [-0.05, 0) is 63.5 Å². The first-order chi connectivity index (χ1) is 9.88. The number of nitrogens with zero attached hydrogens (tertiary/aromatic N) is 2. The Bertz CT molecular complexity index is 522. The van der Waals surface area contributed by atoms with Crippen LogP contribution < -0.4 is 10.6 Å². The van der Waals surface area contributed by atoms with E-state index in [1.165, 1.54) is 12.8 Å². The van der Waals surface area contributed by atoms with Gasteiger partial charge in [-0.2, -0.15) is 0 Å². The van der Waals surface area contributed by atoms with E-state index in [9.17, 15) is 9.90 Å². The normalized spacial score (nSPS) is 16.9. The standard InChI is InChI=1S/C16H25N3O2/c1-11-8-13(9-14(15(11)17)16(20)21)19(3)10-12-4-6-18(2)7-5-12/h8-9,12H,4-7,10,17H2,1-3H3,(H,20,21). The fraction of sp³-hybridized carbons (Fsp3) is 0.562. The minimum Gasteiger partial charge on any atom is -0.478 e. The topological polar surface area (TPSA) is 69.8 Å². The molecule has 3 N–H and O–H groups in total. The Morgan fingerprint density at radius 2 is 2.05 bits per heavy atom. The third kappa shape index (κ3) is 3.67. The zero-order chi connectivity index (χ0) is 15.6. The molecule has 5 heteroatoms. The lowest BCUT2D eigenvalue weighted by Gasteiger charge is -2.32. The van der Waals surface area contributed by atoms with E-state index in [2.05, 4.69) is 16.8 Å². The summed E-state index contributed by atoms with van der Waals surface area (Å²) in [6.07, 6.45) is 2.39. The predicted molar refractivity (Wildman–Crippen MR) is 86.0 cm³/mol. The highest BCUT2D eigenvalue weighted by atomic mass is 16.4. The SMILES string of the molecule is Cc1cc(N(C)CC2CCN(C)CC2)cc(C(=O)O)c1N. The number of benzene rings is 1. The van der Waals surface area contributed by atoms with E-state index in [0.29, 0.717) is 11.6 Å². The van der Waals surface area contributed by atoms with Crippen LogP contribution >= 0.6 is 0 Å². The van der Waals surface area contributed by atoms with Crippen molar-refractivity contribution in [3.8, 4) is 0 Å². The van der Waals surface area contributed by atoms with Gasteiger partial charge in [0.25, 0.3) is 0 Å². The molecule has 116 valence electrons. The predicted octanol–water partition coefficient (Wildman–Crippen LogP) is 2.05. The lowest BCUT2D eigenvalue weighted by atomic mass is 9.96. The van der Waals surface area contributed by atoms with Gasteiger partial charge in [-0.15, -0.1) is 0 Å². The van der Waals surface area contributed by atoms with Crippen molar-refractivity contribution in [3.05, 3.63) is 23.3 Å². The molecule has 0 amide bonds. The quantitative estimate of drug-likeness (QED) is 0.831. The molecule has 1 saturated heterocycles. The number of anilines is 2. The molecular weight excluding hydrogens is 266 g/mol. The molecule has 0 radical (unpaired) electrons. The van der Waals surface area contributed by atoms with Crippen LogP contribution in [0.2, 0.25) is 0 Å². The molecule has 1 heterocycles. The van der Waals surface area contributed by atoms with Crippen LogP contribution in [0.25, 0.3) is 0 Å². The number of piperidine rings is 1. The molecule has 5 nitrogen and oxygen atoms in total. The molecule has 0 atom stereocenters. The van der Waals surface area contributed by atoms with E-state index in [1.54, 1.807) is 6.07 Å². The molecule has 0 saturated carbocycles. The number of hydrogen-bond donors (Lipinski definition) is 2. The molecule has 1 aromatic carbocycles. The summed E-state index contributed by atoms with van der Waals surface area (Å²) in [5.41, 5.74) is 8.15. The van der Waals surface area contributed by atoms with Gasteiger partial charge in [0.05, 0.1) is 5.56 Å². The Morgan fingerprint density at radius 1 is 1.43 bits per heavy atom. The number of rotatable bonds is 4. The molecule has 1 aliphatic heterocycles. The minimum absolute atomic E-state index is 0.195. The van der Waals surface area contributed by atoms with Gasteiger partial charge in [-0.1, -0.05) is 0 Å². The van der Waals surface area contributed by atoms with Crippen molar-refractivity contribution in [2.24, 2.45) is 5.92 Å². The van der Waals surface area contributed by atoms with E-state index < -0.39 is 5.97 Å². The summed E-state index contributed by atoms with van der Waals surface area (Å²) in [6, 6.07) is 3.65.